The Labute approximate surface area is 186 Å². The van der Waals surface area contributed by atoms with Gasteiger partial charge in [-0.25, -0.2) is 8.78 Å². The molecule has 2 aromatic rings. The lowest BCUT2D eigenvalue weighted by Crippen LogP contribution is -2.40. The predicted molar refractivity (Wildman–Crippen MR) is 114 cm³/mol. The molecular formula is C23H30F2N4O3. The molecule has 2 fully saturated rings. The van der Waals surface area contributed by atoms with E-state index >= 15 is 0 Å². The van der Waals surface area contributed by atoms with Gasteiger partial charge in [-0.2, -0.15) is 0 Å². The van der Waals surface area contributed by atoms with Crippen molar-refractivity contribution in [2.75, 3.05) is 5.32 Å². The van der Waals surface area contributed by atoms with E-state index in [2.05, 4.69) is 20.8 Å². The molecule has 4 rings (SSSR count). The van der Waals surface area contributed by atoms with Crippen molar-refractivity contribution in [3.05, 3.63) is 35.7 Å². The van der Waals surface area contributed by atoms with Crippen molar-refractivity contribution in [1.29, 1.82) is 0 Å². The van der Waals surface area contributed by atoms with Crippen LogP contribution >= 0.6 is 0 Å². The maximum absolute atomic E-state index is 13.4. The fraction of sp³-hybridized carbons (Fsp3) is 0.609. The molecule has 9 heteroatoms. The Morgan fingerprint density at radius 3 is 2.50 bits per heavy atom. The first kappa shape index (κ1) is 22.6. The third-order valence-electron chi connectivity index (χ3n) is 7.14. The summed E-state index contributed by atoms with van der Waals surface area (Å²) in [6.45, 7) is 1.97. The van der Waals surface area contributed by atoms with Crippen LogP contribution in [0.4, 0.5) is 20.5 Å². The molecule has 0 aliphatic heterocycles. The third kappa shape index (κ3) is 5.43. The zero-order chi connectivity index (χ0) is 22.7. The van der Waals surface area contributed by atoms with E-state index in [-0.39, 0.29) is 12.1 Å². The second kappa shape index (κ2) is 9.52. The Kier molecular flexibility index (Phi) is 6.74. The summed E-state index contributed by atoms with van der Waals surface area (Å²) in [5.74, 6) is -1.78. The normalized spacial score (nSPS) is 26.7. The molecule has 1 aromatic carbocycles. The van der Waals surface area contributed by atoms with Crippen molar-refractivity contribution in [1.82, 2.24) is 15.5 Å². The molecule has 1 heterocycles. The number of carbonyl (C=O) groups is 1. The van der Waals surface area contributed by atoms with Gasteiger partial charge in [0.25, 0.3) is 0 Å². The smallest absolute Gasteiger partial charge is 0.320 e. The van der Waals surface area contributed by atoms with E-state index in [9.17, 15) is 13.6 Å². The molecule has 174 valence electrons. The van der Waals surface area contributed by atoms with E-state index < -0.39 is 17.6 Å². The van der Waals surface area contributed by atoms with E-state index in [4.69, 9.17) is 9.52 Å². The molecule has 0 bridgehead atoms. The number of hydrogen-bond acceptors (Lipinski definition) is 6. The number of hydrogen-bond donors (Lipinski definition) is 3. The number of aliphatic carboxylic acids is 1. The highest BCUT2D eigenvalue weighted by Gasteiger charge is 2.39. The Hall–Kier alpha value is -2.55. The second-order valence-electron chi connectivity index (χ2n) is 9.40. The van der Waals surface area contributed by atoms with Gasteiger partial charge in [0.05, 0.1) is 6.04 Å². The molecule has 1 aromatic heterocycles. The Morgan fingerprint density at radius 1 is 1.16 bits per heavy atom. The number of benzene rings is 1. The Morgan fingerprint density at radius 2 is 1.84 bits per heavy atom. The zero-order valence-corrected chi connectivity index (χ0v) is 18.2. The SMILES string of the molecule is CC(NC1CCC2(CCC(CC(=O)O)CC2)CC1)c1nnc(Nc2ccc(F)c(F)c2)o1. The largest absolute Gasteiger partial charge is 0.481 e. The van der Waals surface area contributed by atoms with Gasteiger partial charge in [-0.3, -0.25) is 4.79 Å². The van der Waals surface area contributed by atoms with Gasteiger partial charge >= 0.3 is 12.0 Å². The van der Waals surface area contributed by atoms with E-state index in [0.29, 0.717) is 35.4 Å². The lowest BCUT2D eigenvalue weighted by molar-refractivity contribution is -0.138. The van der Waals surface area contributed by atoms with Crippen molar-refractivity contribution >= 4 is 17.7 Å². The number of carboxylic acids is 1. The third-order valence-corrected chi connectivity index (χ3v) is 7.14. The number of anilines is 2. The molecule has 0 radical (unpaired) electrons. The summed E-state index contributed by atoms with van der Waals surface area (Å²) >= 11 is 0. The van der Waals surface area contributed by atoms with Gasteiger partial charge in [0.1, 0.15) is 0 Å². The van der Waals surface area contributed by atoms with Gasteiger partial charge < -0.3 is 20.2 Å². The summed E-state index contributed by atoms with van der Waals surface area (Å²) in [6, 6.07) is 3.83. The topological polar surface area (TPSA) is 100 Å². The fourth-order valence-electron chi connectivity index (χ4n) is 5.22. The van der Waals surface area contributed by atoms with Crippen molar-refractivity contribution in [2.45, 2.75) is 76.8 Å². The predicted octanol–water partition coefficient (Wildman–Crippen LogP) is 5.34. The summed E-state index contributed by atoms with van der Waals surface area (Å²) < 4.78 is 32.1. The maximum Gasteiger partial charge on any atom is 0.320 e. The number of rotatable bonds is 7. The summed E-state index contributed by atoms with van der Waals surface area (Å²) in [5.41, 5.74) is 0.706. The molecule has 2 aliphatic carbocycles. The quantitative estimate of drug-likeness (QED) is 0.526. The van der Waals surface area contributed by atoms with Crippen LogP contribution in [0.5, 0.6) is 0 Å². The van der Waals surface area contributed by atoms with E-state index in [1.54, 1.807) is 0 Å². The molecule has 1 spiro atoms. The summed E-state index contributed by atoms with van der Waals surface area (Å²) in [5, 5.41) is 23.4. The number of nitrogens with one attached hydrogen (secondary N) is 2. The van der Waals surface area contributed by atoms with E-state index in [0.717, 1.165) is 63.5 Å². The van der Waals surface area contributed by atoms with Gasteiger partial charge in [0.15, 0.2) is 11.6 Å². The van der Waals surface area contributed by atoms with Crippen LogP contribution < -0.4 is 10.6 Å². The first-order chi connectivity index (χ1) is 15.3. The number of nitrogens with zero attached hydrogens (tertiary/aromatic N) is 2. The summed E-state index contributed by atoms with van der Waals surface area (Å²) in [6.07, 6.45) is 9.08. The van der Waals surface area contributed by atoms with Crippen LogP contribution in [0.25, 0.3) is 0 Å². The first-order valence-electron chi connectivity index (χ1n) is 11.4. The standard InChI is InChI=1S/C23H30F2N4O3/c1-14(21-28-29-22(32-21)27-17-2-3-18(24)19(25)13-17)26-16-6-10-23(11-7-16)8-4-15(5-9-23)12-20(30)31/h2-3,13-16,26H,4-12H2,1H3,(H,27,29)(H,30,31). The number of halogens is 2. The minimum absolute atomic E-state index is 0.125. The molecule has 0 amide bonds. The van der Waals surface area contributed by atoms with Crippen LogP contribution in [0.2, 0.25) is 0 Å². The highest BCUT2D eigenvalue weighted by atomic mass is 19.2. The van der Waals surface area contributed by atoms with E-state index in [1.807, 2.05) is 6.92 Å². The molecule has 0 saturated heterocycles. The van der Waals surface area contributed by atoms with Crippen molar-refractivity contribution in [3.63, 3.8) is 0 Å². The van der Waals surface area contributed by atoms with Gasteiger partial charge in [0, 0.05) is 24.2 Å². The van der Waals surface area contributed by atoms with Crippen molar-refractivity contribution < 1.29 is 23.1 Å². The maximum atomic E-state index is 13.4. The average molecular weight is 449 g/mol. The van der Waals surface area contributed by atoms with Crippen LogP contribution in [0.1, 0.15) is 76.6 Å². The van der Waals surface area contributed by atoms with Crippen molar-refractivity contribution in [3.8, 4) is 0 Å². The minimum Gasteiger partial charge on any atom is -0.481 e. The second-order valence-corrected chi connectivity index (χ2v) is 9.40. The molecule has 3 N–H and O–H groups in total. The van der Waals surface area contributed by atoms with Crippen LogP contribution in [0.15, 0.2) is 22.6 Å². The monoisotopic (exact) mass is 448 g/mol. The van der Waals surface area contributed by atoms with Gasteiger partial charge in [-0.1, -0.05) is 5.10 Å². The molecular weight excluding hydrogens is 418 g/mol. The molecule has 32 heavy (non-hydrogen) atoms. The summed E-state index contributed by atoms with van der Waals surface area (Å²) in [4.78, 5) is 11.0. The molecule has 1 atom stereocenters. The van der Waals surface area contributed by atoms with Crippen LogP contribution in [-0.2, 0) is 4.79 Å². The van der Waals surface area contributed by atoms with Crippen LogP contribution in [0.3, 0.4) is 0 Å². The Bertz CT molecular complexity index is 933. The minimum atomic E-state index is -0.949. The zero-order valence-electron chi connectivity index (χ0n) is 18.2. The first-order valence-corrected chi connectivity index (χ1v) is 11.4. The lowest BCUT2D eigenvalue weighted by Gasteiger charge is -2.45. The van der Waals surface area contributed by atoms with E-state index in [1.165, 1.54) is 6.07 Å². The van der Waals surface area contributed by atoms with Gasteiger partial charge in [-0.15, -0.1) is 5.10 Å². The van der Waals surface area contributed by atoms with Crippen molar-refractivity contribution in [2.24, 2.45) is 11.3 Å². The Balaban J connectivity index is 1.25. The average Bonchev–Trinajstić information content (AvgIpc) is 3.23. The summed E-state index contributed by atoms with van der Waals surface area (Å²) in [7, 11) is 0. The molecule has 1 unspecified atom stereocenters. The van der Waals surface area contributed by atoms with Crippen LogP contribution in [-0.4, -0.2) is 27.3 Å². The molecule has 2 aliphatic rings. The van der Waals surface area contributed by atoms with Gasteiger partial charge in [0.2, 0.25) is 5.89 Å². The highest BCUT2D eigenvalue weighted by Crippen LogP contribution is 2.49. The number of carboxylic acid groups (broad SMARTS) is 1. The van der Waals surface area contributed by atoms with Crippen LogP contribution in [0, 0.1) is 23.0 Å². The number of aromatic nitrogens is 2. The highest BCUT2D eigenvalue weighted by molar-refractivity contribution is 5.67. The lowest BCUT2D eigenvalue weighted by atomic mass is 9.62. The fourth-order valence-corrected chi connectivity index (χ4v) is 5.22. The van der Waals surface area contributed by atoms with Gasteiger partial charge in [-0.05, 0) is 81.8 Å². The molecule has 7 nitrogen and oxygen atoms in total. The molecule has 2 saturated carbocycles.